The Morgan fingerprint density at radius 1 is 1.44 bits per heavy atom. The number of carbonyl (C=O) groups is 1. The smallest absolute Gasteiger partial charge is 0.176 e. The second-order valence-corrected chi connectivity index (χ2v) is 5.17. The Morgan fingerprint density at radius 3 is 2.75 bits per heavy atom. The summed E-state index contributed by atoms with van der Waals surface area (Å²) in [6, 6.07) is 6.77. The number of hydrogen-bond acceptors (Lipinski definition) is 3. The van der Waals surface area contributed by atoms with Gasteiger partial charge >= 0.3 is 0 Å². The van der Waals surface area contributed by atoms with Crippen LogP contribution in [-0.2, 0) is 15.5 Å². The Morgan fingerprint density at radius 2 is 2.12 bits per heavy atom. The maximum atomic E-state index is 11.7. The van der Waals surface area contributed by atoms with Crippen LogP contribution in [0.2, 0.25) is 5.02 Å². The number of ketones is 1. The van der Waals surface area contributed by atoms with E-state index in [1.165, 1.54) is 7.11 Å². The van der Waals surface area contributed by atoms with Gasteiger partial charge in [0.2, 0.25) is 0 Å². The highest BCUT2D eigenvalue weighted by atomic mass is 35.5. The monoisotopic (exact) mass is 260 g/mol. The van der Waals surface area contributed by atoms with Crippen molar-refractivity contribution in [3.63, 3.8) is 0 Å². The van der Waals surface area contributed by atoms with Gasteiger partial charge in [-0.3, -0.25) is 9.00 Å². The Balaban J connectivity index is 2.59. The van der Waals surface area contributed by atoms with Crippen LogP contribution in [0.1, 0.15) is 10.4 Å². The minimum atomic E-state index is -1.19. The topological polar surface area (TPSA) is 43.4 Å². The molecule has 0 N–H and O–H groups in total. The van der Waals surface area contributed by atoms with E-state index in [9.17, 15) is 9.00 Å². The van der Waals surface area contributed by atoms with Crippen LogP contribution < -0.4 is 0 Å². The van der Waals surface area contributed by atoms with E-state index >= 15 is 0 Å². The van der Waals surface area contributed by atoms with Gasteiger partial charge in [-0.1, -0.05) is 23.7 Å². The zero-order valence-electron chi connectivity index (χ0n) is 8.94. The molecule has 1 aromatic carbocycles. The van der Waals surface area contributed by atoms with Gasteiger partial charge in [0.15, 0.2) is 5.78 Å². The van der Waals surface area contributed by atoms with Crippen LogP contribution >= 0.6 is 11.6 Å². The summed E-state index contributed by atoms with van der Waals surface area (Å²) in [7, 11) is 0.343. The van der Waals surface area contributed by atoms with Crippen LogP contribution in [0.15, 0.2) is 24.3 Å². The highest BCUT2D eigenvalue weighted by Crippen LogP contribution is 2.15. The highest BCUT2D eigenvalue weighted by molar-refractivity contribution is 7.85. The third-order valence-electron chi connectivity index (χ3n) is 1.98. The van der Waals surface area contributed by atoms with E-state index < -0.39 is 10.8 Å². The van der Waals surface area contributed by atoms with Crippen LogP contribution in [0, 0.1) is 0 Å². The fourth-order valence-electron chi connectivity index (χ4n) is 1.16. The van der Waals surface area contributed by atoms with Crippen LogP contribution in [0.3, 0.4) is 0 Å². The van der Waals surface area contributed by atoms with Crippen molar-refractivity contribution in [3.05, 3.63) is 34.9 Å². The van der Waals surface area contributed by atoms with E-state index in [4.69, 9.17) is 16.3 Å². The molecule has 1 aromatic rings. The average molecular weight is 261 g/mol. The first-order valence-electron chi connectivity index (χ1n) is 4.76. The zero-order valence-corrected chi connectivity index (χ0v) is 10.5. The number of carbonyl (C=O) groups excluding carboxylic acids is 1. The predicted octanol–water partition coefficient (Wildman–Crippen LogP) is 1.92. The number of benzene rings is 1. The summed E-state index contributed by atoms with van der Waals surface area (Å²) in [5, 5.41) is 0.399. The lowest BCUT2D eigenvalue weighted by molar-refractivity contribution is 0.102. The van der Waals surface area contributed by atoms with Crippen LogP contribution in [0.25, 0.3) is 0 Å². The quantitative estimate of drug-likeness (QED) is 0.734. The molecule has 16 heavy (non-hydrogen) atoms. The normalized spacial score (nSPS) is 12.4. The summed E-state index contributed by atoms with van der Waals surface area (Å²) >= 11 is 5.86. The van der Waals surface area contributed by atoms with E-state index in [1.54, 1.807) is 24.3 Å². The molecule has 0 aromatic heterocycles. The molecule has 1 unspecified atom stereocenters. The van der Waals surface area contributed by atoms with Gasteiger partial charge in [-0.15, -0.1) is 0 Å². The fraction of sp³-hybridized carbons (Fsp3) is 0.364. The number of ether oxygens (including phenoxy) is 1. The van der Waals surface area contributed by atoms with Crippen molar-refractivity contribution in [2.75, 3.05) is 25.2 Å². The van der Waals surface area contributed by atoms with Crippen molar-refractivity contribution < 1.29 is 13.7 Å². The van der Waals surface area contributed by atoms with E-state index in [0.717, 1.165) is 0 Å². The van der Waals surface area contributed by atoms with Crippen molar-refractivity contribution in [2.24, 2.45) is 0 Å². The molecular formula is C11H13ClO3S. The molecule has 3 nitrogen and oxygen atoms in total. The van der Waals surface area contributed by atoms with Gasteiger partial charge in [0.1, 0.15) is 0 Å². The Bertz CT molecular complexity index is 393. The molecule has 0 aliphatic carbocycles. The van der Waals surface area contributed by atoms with Crippen molar-refractivity contribution in [3.8, 4) is 0 Å². The molecule has 88 valence electrons. The zero-order chi connectivity index (χ0) is 12.0. The lowest BCUT2D eigenvalue weighted by Gasteiger charge is -2.03. The first-order valence-corrected chi connectivity index (χ1v) is 6.63. The van der Waals surface area contributed by atoms with Crippen molar-refractivity contribution >= 4 is 28.2 Å². The standard InChI is InChI=1S/C11H13ClO3S/c1-15-6-7-16(14)8-11(13)9-4-2-3-5-10(9)12/h2-5H,6-8H2,1H3. The molecule has 0 heterocycles. The Kier molecular flexibility index (Phi) is 5.66. The molecule has 0 aliphatic rings. The molecule has 0 spiro atoms. The minimum absolute atomic E-state index is 0.00685. The molecule has 0 fully saturated rings. The Labute approximate surface area is 102 Å². The lowest BCUT2D eigenvalue weighted by Crippen LogP contribution is -2.15. The number of Topliss-reactive ketones (excluding diaryl/α,β-unsaturated/α-hetero) is 1. The second kappa shape index (κ2) is 6.78. The molecule has 0 radical (unpaired) electrons. The highest BCUT2D eigenvalue weighted by Gasteiger charge is 2.12. The lowest BCUT2D eigenvalue weighted by atomic mass is 10.1. The van der Waals surface area contributed by atoms with Gasteiger partial charge in [-0.25, -0.2) is 0 Å². The first kappa shape index (κ1) is 13.4. The molecule has 0 saturated carbocycles. The molecule has 1 rings (SSSR count). The Hall–Kier alpha value is -0.710. The van der Waals surface area contributed by atoms with Crippen molar-refractivity contribution in [1.82, 2.24) is 0 Å². The molecule has 0 bridgehead atoms. The maximum absolute atomic E-state index is 11.7. The van der Waals surface area contributed by atoms with Crippen LogP contribution in [-0.4, -0.2) is 35.2 Å². The summed E-state index contributed by atoms with van der Waals surface area (Å²) < 4.78 is 16.3. The summed E-state index contributed by atoms with van der Waals surface area (Å²) in [4.78, 5) is 11.7. The molecule has 0 saturated heterocycles. The number of halogens is 1. The third-order valence-corrected chi connectivity index (χ3v) is 3.52. The molecule has 1 atom stereocenters. The summed E-state index contributed by atoms with van der Waals surface area (Å²) in [5.41, 5.74) is 0.426. The summed E-state index contributed by atoms with van der Waals surface area (Å²) in [6.07, 6.45) is 0. The van der Waals surface area contributed by atoms with Gasteiger partial charge < -0.3 is 4.74 Å². The second-order valence-electron chi connectivity index (χ2n) is 3.18. The van der Waals surface area contributed by atoms with Crippen LogP contribution in [0.4, 0.5) is 0 Å². The summed E-state index contributed by atoms with van der Waals surface area (Å²) in [5.74, 6) is 0.166. The SMILES string of the molecule is COCCS(=O)CC(=O)c1ccccc1Cl. The van der Waals surface area contributed by atoms with Gasteiger partial charge in [0.25, 0.3) is 0 Å². The predicted molar refractivity (Wildman–Crippen MR) is 65.5 cm³/mol. The summed E-state index contributed by atoms with van der Waals surface area (Å²) in [6.45, 7) is 0.391. The fourth-order valence-corrected chi connectivity index (χ4v) is 2.35. The van der Waals surface area contributed by atoms with Gasteiger partial charge in [0, 0.05) is 29.2 Å². The van der Waals surface area contributed by atoms with Gasteiger partial charge in [-0.2, -0.15) is 0 Å². The number of rotatable bonds is 6. The van der Waals surface area contributed by atoms with E-state index in [1.807, 2.05) is 0 Å². The number of hydrogen-bond donors (Lipinski definition) is 0. The third kappa shape index (κ3) is 4.04. The van der Waals surface area contributed by atoms with Crippen molar-refractivity contribution in [1.29, 1.82) is 0 Å². The average Bonchev–Trinajstić information content (AvgIpc) is 2.26. The van der Waals surface area contributed by atoms with Gasteiger partial charge in [-0.05, 0) is 12.1 Å². The van der Waals surface area contributed by atoms with E-state index in [2.05, 4.69) is 0 Å². The molecule has 5 heteroatoms. The maximum Gasteiger partial charge on any atom is 0.176 e. The van der Waals surface area contributed by atoms with Crippen LogP contribution in [0.5, 0.6) is 0 Å². The van der Waals surface area contributed by atoms with E-state index in [0.29, 0.717) is 22.9 Å². The number of methoxy groups -OCH3 is 1. The molecule has 0 amide bonds. The van der Waals surface area contributed by atoms with Crippen molar-refractivity contribution in [2.45, 2.75) is 0 Å². The van der Waals surface area contributed by atoms with Gasteiger partial charge in [0.05, 0.1) is 17.4 Å². The minimum Gasteiger partial charge on any atom is -0.384 e. The van der Waals surface area contributed by atoms with E-state index in [-0.39, 0.29) is 11.5 Å². The first-order chi connectivity index (χ1) is 7.65. The largest absolute Gasteiger partial charge is 0.384 e. The molecule has 0 aliphatic heterocycles. The molecular weight excluding hydrogens is 248 g/mol.